The minimum Gasteiger partial charge on any atom is -0.575 e. The van der Waals surface area contributed by atoms with E-state index in [9.17, 15) is 0 Å². The smallest absolute Gasteiger partial charge is 0.162 e. The summed E-state index contributed by atoms with van der Waals surface area (Å²) in [5.41, 5.74) is -0.586. The molecular weight excluding hydrogens is 1830 g/mol. The van der Waals surface area contributed by atoms with Crippen LogP contribution in [0.1, 0.15) is 308 Å². The quantitative estimate of drug-likeness (QED) is 0.151. The molecular formula is C85H170O17Y6-12. The molecule has 108 heavy (non-hydrogen) atoms. The molecule has 0 unspecified atom stereocenters. The third-order valence-electron chi connectivity index (χ3n) is 15.1. The average molecular weight is 2000 g/mol. The maximum Gasteiger partial charge on any atom is 0.162 e. The van der Waals surface area contributed by atoms with Gasteiger partial charge in [-0.15, -0.1) is 5.60 Å². The zero-order valence-electron chi connectivity index (χ0n) is 75.4. The molecule has 642 valence electrons. The van der Waals surface area contributed by atoms with Crippen LogP contribution in [0.5, 0.6) is 0 Å². The van der Waals surface area contributed by atoms with Crippen molar-refractivity contribution < 1.29 is 277 Å². The Bertz CT molecular complexity index is 1670. The maximum atomic E-state index is 5.59. The Balaban J connectivity index is -0.0000000922. The van der Waals surface area contributed by atoms with E-state index in [1.165, 1.54) is 77.0 Å². The summed E-state index contributed by atoms with van der Waals surface area (Å²) in [7, 11) is 9.83. The molecule has 7 aliphatic rings. The Morgan fingerprint density at radius 1 is 0.269 bits per heavy atom. The summed E-state index contributed by atoms with van der Waals surface area (Å²) in [6.07, 6.45) is 22.6. The van der Waals surface area contributed by atoms with Gasteiger partial charge in [0.05, 0.1) is 56.4 Å². The Kier molecular flexibility index (Phi) is 101. The predicted molar refractivity (Wildman–Crippen MR) is 426 cm³/mol. The first-order valence-corrected chi connectivity index (χ1v) is 38.1. The summed E-state index contributed by atoms with van der Waals surface area (Å²) in [6.45, 7) is 95.8. The molecule has 17 nitrogen and oxygen atoms in total. The van der Waals surface area contributed by atoms with Crippen molar-refractivity contribution in [1.82, 2.24) is 0 Å². The van der Waals surface area contributed by atoms with Gasteiger partial charge in [-0.2, -0.15) is 25.7 Å². The Labute approximate surface area is 824 Å². The van der Waals surface area contributed by atoms with Crippen LogP contribution in [0.15, 0.2) is 0 Å². The summed E-state index contributed by atoms with van der Waals surface area (Å²) in [5.74, 6) is -1.31. The second kappa shape index (κ2) is 77.7. The summed E-state index contributed by atoms with van der Waals surface area (Å²) < 4.78 is 88.4. The molecule has 0 aromatic heterocycles. The van der Waals surface area contributed by atoms with Crippen molar-refractivity contribution in [3.8, 4) is 0 Å². The number of hydrogen-bond acceptors (Lipinski definition) is 17. The topological polar surface area (TPSA) is 157 Å². The van der Waals surface area contributed by atoms with E-state index in [0.717, 1.165) is 124 Å². The van der Waals surface area contributed by atoms with Gasteiger partial charge in [-0.25, -0.2) is 21.3 Å². The molecule has 7 rings (SSSR count). The third-order valence-corrected chi connectivity index (χ3v) is 15.1. The van der Waals surface area contributed by atoms with Gasteiger partial charge >= 0.3 is 0 Å². The molecule has 0 aliphatic carbocycles. The van der Waals surface area contributed by atoms with Crippen molar-refractivity contribution in [2.75, 3.05) is 92.5 Å². The molecule has 0 N–H and O–H groups in total. The molecule has 0 saturated carbocycles. The van der Waals surface area contributed by atoms with Crippen molar-refractivity contribution in [1.29, 1.82) is 0 Å². The van der Waals surface area contributed by atoms with E-state index in [-0.39, 0.29) is 270 Å². The van der Waals surface area contributed by atoms with Crippen LogP contribution in [0.4, 0.5) is 0 Å². The standard InChI is InChI=1S/C8H16O2.C8H16O.C7H14O2.4C7H14O.C6H12O2.3C6H12O.C5H10O2.C5H10O.6Y/c1-8(2)9-6-4-3-5-7-10-8;1-8(2)6-4-3-5-7-9-8;1-7(2)8-5-3-4-6-9-7;1-7(2)5-3-4-6-8-7;1-5-6-7(2,3)8-4;1-5-6-8-7(2,3)4;1-5-7(3,4)8-6-2;1-6(2)7-4-3-5-8-6;1-6(2)4-3-5-7-6;1-5-6(2,3)7-4;1-5-7-6(2,3)4;1-5(2)6-3-4-7-5;1-5(2,3)6-4;;;;;;/h3-7H2,1-2H3;3-7H2,1-2H3;3-6H2,1-2H3;3-6H2,1-2H3;1,4-6H2,2-3H3;2*1-2,5-6H2,3-4H3;3-5H2,1-2H3;3-5H2,1-2H3;1,4-5H2,2-3H3;1-2,5H2,3-4H3;3-4H2,1-2H3;1,4H2,2-3H3;;;;;;/q;;;;3*-2;;;2*-2;;-2;;;;;;. The molecule has 23 heteroatoms. The zero-order valence-corrected chi connectivity index (χ0v) is 92.5. The van der Waals surface area contributed by atoms with Crippen molar-refractivity contribution in [2.45, 2.75) is 382 Å². The van der Waals surface area contributed by atoms with E-state index in [1.54, 1.807) is 0 Å². The average Bonchev–Trinajstić information content (AvgIpc) is 1.44. The van der Waals surface area contributed by atoms with Crippen molar-refractivity contribution in [2.24, 2.45) is 0 Å². The van der Waals surface area contributed by atoms with Gasteiger partial charge in [0, 0.05) is 253 Å². The van der Waals surface area contributed by atoms with Crippen molar-refractivity contribution in [3.05, 3.63) is 83.6 Å². The molecule has 0 amide bonds. The summed E-state index contributed by atoms with van der Waals surface area (Å²) in [6, 6.07) is 0. The SMILES string of the molecule is CC1(C)CCCCCO1.CC1(C)CCCCO1.CC1(C)CCCO1.CC1(C)OCCCCCO1.CC1(C)OCCCCO1.CC1(C)OCCCO1.CC1(C)OCCO1.[CH2-]CC(C)(C)O[CH2-].[CH2-]CCC(C)(C)O[CH2-].[CH2-]CCOC([CH2-])(C)C.[CH2-]COC(C)(C)C[CH2-].[CH2-]COC([CH2-])(C)C.[CH2-]OC([CH2-])(C)C.[Y].[Y].[Y].[Y].[Y].[Y]. The predicted octanol–water partition coefficient (Wildman–Crippen LogP) is 21.8. The van der Waals surface area contributed by atoms with E-state index >= 15 is 0 Å². The van der Waals surface area contributed by atoms with Crippen LogP contribution in [0.3, 0.4) is 0 Å². The fourth-order valence-corrected chi connectivity index (χ4v) is 8.08. The van der Waals surface area contributed by atoms with Crippen LogP contribution in [0.2, 0.25) is 0 Å². The third kappa shape index (κ3) is 114. The Morgan fingerprint density at radius 2 is 0.519 bits per heavy atom. The second-order valence-electron chi connectivity index (χ2n) is 33.2. The molecule has 6 radical (unpaired) electrons. The fraction of sp³-hybridized carbons (Fsp3) is 0.859. The van der Waals surface area contributed by atoms with Gasteiger partial charge in [0.1, 0.15) is 0 Å². The van der Waals surface area contributed by atoms with E-state index in [4.69, 9.17) is 75.8 Å². The van der Waals surface area contributed by atoms with E-state index < -0.39 is 0 Å². The van der Waals surface area contributed by atoms with Crippen LogP contribution >= 0.6 is 0 Å². The van der Waals surface area contributed by atoms with Gasteiger partial charge in [0.2, 0.25) is 0 Å². The number of rotatable bonds is 14. The van der Waals surface area contributed by atoms with Crippen LogP contribution in [-0.4, -0.2) is 166 Å². The van der Waals surface area contributed by atoms with Gasteiger partial charge in [-0.05, 0) is 222 Å². The first kappa shape index (κ1) is 140. The first-order chi connectivity index (χ1) is 46.5. The molecule has 0 aromatic carbocycles. The Hall–Kier alpha value is 5.94. The first-order valence-electron chi connectivity index (χ1n) is 38.1. The zero-order chi connectivity index (χ0) is 80.6. The minimum absolute atomic E-state index is 0. The number of ether oxygens (including phenoxy) is 17. The van der Waals surface area contributed by atoms with Gasteiger partial charge in [-0.1, -0.05) is 85.2 Å². The summed E-state index contributed by atoms with van der Waals surface area (Å²) in [5, 5.41) is 0. The molecule has 0 bridgehead atoms. The Morgan fingerprint density at radius 3 is 0.694 bits per heavy atom. The monoisotopic (exact) mass is 2000 g/mol. The maximum absolute atomic E-state index is 5.59. The van der Waals surface area contributed by atoms with E-state index in [0.29, 0.717) is 19.8 Å². The van der Waals surface area contributed by atoms with Gasteiger partial charge < -0.3 is 143 Å². The second-order valence-corrected chi connectivity index (χ2v) is 33.2. The molecule has 0 spiro atoms. The molecule has 0 aromatic rings. The van der Waals surface area contributed by atoms with Crippen LogP contribution < -0.4 is 0 Å². The number of hydrogen-bond donors (Lipinski definition) is 0. The van der Waals surface area contributed by atoms with E-state index in [1.807, 2.05) is 138 Å². The molecule has 7 aliphatic heterocycles. The molecule has 7 heterocycles. The summed E-state index contributed by atoms with van der Waals surface area (Å²) >= 11 is 0. The van der Waals surface area contributed by atoms with Gasteiger partial charge in [0.25, 0.3) is 0 Å². The van der Waals surface area contributed by atoms with Gasteiger partial charge in [0.15, 0.2) is 23.1 Å². The molecule has 0 atom stereocenters. The van der Waals surface area contributed by atoms with Crippen LogP contribution in [-0.2, 0) is 277 Å². The van der Waals surface area contributed by atoms with E-state index in [2.05, 4.69) is 130 Å². The summed E-state index contributed by atoms with van der Waals surface area (Å²) in [4.78, 5) is 0. The van der Waals surface area contributed by atoms with Gasteiger partial charge in [-0.3, -0.25) is 0 Å². The van der Waals surface area contributed by atoms with Crippen molar-refractivity contribution >= 4 is 0 Å². The molecule has 7 fully saturated rings. The van der Waals surface area contributed by atoms with Crippen LogP contribution in [0, 0.1) is 83.6 Å². The molecule has 7 saturated heterocycles. The fourth-order valence-electron chi connectivity index (χ4n) is 8.08. The van der Waals surface area contributed by atoms with Crippen molar-refractivity contribution in [3.63, 3.8) is 0 Å². The largest absolute Gasteiger partial charge is 0.575 e. The van der Waals surface area contributed by atoms with Crippen LogP contribution in [0.25, 0.3) is 0 Å². The minimum atomic E-state index is -0.347. The normalized spacial score (nSPS) is 19.7.